The summed E-state index contributed by atoms with van der Waals surface area (Å²) in [6.07, 6.45) is 6.19. The summed E-state index contributed by atoms with van der Waals surface area (Å²) in [5.41, 5.74) is 0.757. The quantitative estimate of drug-likeness (QED) is 0.288. The van der Waals surface area contributed by atoms with E-state index < -0.39 is 29.7 Å². The average molecular weight is 486 g/mol. The molecule has 0 aromatic heterocycles. The van der Waals surface area contributed by atoms with Crippen molar-refractivity contribution < 1.29 is 33.8 Å². The van der Waals surface area contributed by atoms with E-state index in [1.165, 1.54) is 12.1 Å². The number of rotatable bonds is 13. The van der Waals surface area contributed by atoms with Gasteiger partial charge in [-0.1, -0.05) is 38.3 Å². The Balaban J connectivity index is 1.45. The monoisotopic (exact) mass is 485 g/mol. The zero-order chi connectivity index (χ0) is 25.4. The van der Waals surface area contributed by atoms with Gasteiger partial charge in [0, 0.05) is 18.7 Å². The minimum absolute atomic E-state index is 0.0606. The van der Waals surface area contributed by atoms with E-state index in [0.29, 0.717) is 31.5 Å². The predicted octanol–water partition coefficient (Wildman–Crippen LogP) is 2.39. The fourth-order valence-electron chi connectivity index (χ4n) is 4.21. The van der Waals surface area contributed by atoms with Gasteiger partial charge in [-0.05, 0) is 37.8 Å². The minimum Gasteiger partial charge on any atom is -0.483 e. The molecule has 1 aromatic rings. The lowest BCUT2D eigenvalue weighted by molar-refractivity contribution is -0.137. The van der Waals surface area contributed by atoms with E-state index in [0.717, 1.165) is 37.0 Å². The molecule has 3 N–H and O–H groups in total. The SMILES string of the molecule is C=C1CCC(N2C(=O)c3cccc(OCC(=O)NCCCCCCCCC(=O)O)c3C2=O)C(=O)N1. The lowest BCUT2D eigenvalue weighted by Gasteiger charge is -2.29. The molecule has 2 aliphatic heterocycles. The topological polar surface area (TPSA) is 142 Å². The molecule has 188 valence electrons. The molecule has 10 heteroatoms. The molecule has 0 radical (unpaired) electrons. The Bertz CT molecular complexity index is 1020. The van der Waals surface area contributed by atoms with Gasteiger partial charge in [0.2, 0.25) is 5.91 Å². The third-order valence-electron chi connectivity index (χ3n) is 6.04. The van der Waals surface area contributed by atoms with Gasteiger partial charge in [-0.2, -0.15) is 0 Å². The summed E-state index contributed by atoms with van der Waals surface area (Å²) in [5.74, 6) is -2.61. The average Bonchev–Trinajstić information content (AvgIpc) is 3.07. The van der Waals surface area contributed by atoms with Gasteiger partial charge in [0.1, 0.15) is 11.8 Å². The van der Waals surface area contributed by atoms with Gasteiger partial charge in [0.05, 0.1) is 11.1 Å². The first-order valence-corrected chi connectivity index (χ1v) is 11.9. The second-order valence-electron chi connectivity index (χ2n) is 8.71. The van der Waals surface area contributed by atoms with Gasteiger partial charge >= 0.3 is 5.97 Å². The predicted molar refractivity (Wildman–Crippen MR) is 126 cm³/mol. The maximum Gasteiger partial charge on any atom is 0.303 e. The van der Waals surface area contributed by atoms with Crippen LogP contribution in [0.15, 0.2) is 30.5 Å². The second kappa shape index (κ2) is 12.1. The van der Waals surface area contributed by atoms with Crippen molar-refractivity contribution in [3.05, 3.63) is 41.6 Å². The highest BCUT2D eigenvalue weighted by Gasteiger charge is 2.45. The number of hydrogen-bond acceptors (Lipinski definition) is 6. The maximum atomic E-state index is 13.1. The summed E-state index contributed by atoms with van der Waals surface area (Å²) in [7, 11) is 0. The first-order chi connectivity index (χ1) is 16.8. The van der Waals surface area contributed by atoms with Gasteiger partial charge in [-0.3, -0.25) is 28.9 Å². The van der Waals surface area contributed by atoms with Crippen LogP contribution < -0.4 is 15.4 Å². The van der Waals surface area contributed by atoms with Crippen LogP contribution in [0.4, 0.5) is 0 Å². The van der Waals surface area contributed by atoms with Crippen LogP contribution in [0.5, 0.6) is 5.75 Å². The zero-order valence-electron chi connectivity index (χ0n) is 19.6. The van der Waals surface area contributed by atoms with E-state index >= 15 is 0 Å². The van der Waals surface area contributed by atoms with Crippen molar-refractivity contribution in [1.82, 2.24) is 15.5 Å². The van der Waals surface area contributed by atoms with Gasteiger partial charge in [0.25, 0.3) is 17.7 Å². The Morgan fingerprint density at radius 2 is 1.80 bits per heavy atom. The van der Waals surface area contributed by atoms with Crippen LogP contribution in [-0.2, 0) is 14.4 Å². The molecule has 2 heterocycles. The molecule has 1 unspecified atom stereocenters. The number of piperidine rings is 1. The molecule has 4 amide bonds. The molecule has 35 heavy (non-hydrogen) atoms. The number of carbonyl (C=O) groups is 5. The number of carboxylic acid groups (broad SMARTS) is 1. The summed E-state index contributed by atoms with van der Waals surface area (Å²) in [6.45, 7) is 3.89. The first kappa shape index (κ1) is 25.9. The van der Waals surface area contributed by atoms with Gasteiger partial charge < -0.3 is 20.5 Å². The number of amides is 4. The number of unbranched alkanes of at least 4 members (excludes halogenated alkanes) is 5. The number of benzene rings is 1. The molecule has 0 spiro atoms. The largest absolute Gasteiger partial charge is 0.483 e. The molecule has 1 saturated heterocycles. The highest BCUT2D eigenvalue weighted by molar-refractivity contribution is 6.24. The highest BCUT2D eigenvalue weighted by atomic mass is 16.5. The third kappa shape index (κ3) is 6.68. The van der Waals surface area contributed by atoms with E-state index in [4.69, 9.17) is 9.84 Å². The molecule has 10 nitrogen and oxygen atoms in total. The molecule has 0 aliphatic carbocycles. The number of fused-ring (bicyclic) bond motifs is 1. The number of hydrogen-bond donors (Lipinski definition) is 3. The van der Waals surface area contributed by atoms with Crippen LogP contribution in [0.25, 0.3) is 0 Å². The number of aliphatic carboxylic acids is 1. The second-order valence-corrected chi connectivity index (χ2v) is 8.71. The molecule has 2 aliphatic rings. The number of nitrogens with zero attached hydrogens (tertiary/aromatic N) is 1. The summed E-state index contributed by atoms with van der Waals surface area (Å²) in [4.78, 5) is 61.9. The van der Waals surface area contributed by atoms with Crippen molar-refractivity contribution in [2.75, 3.05) is 13.2 Å². The van der Waals surface area contributed by atoms with Crippen LogP contribution in [0.3, 0.4) is 0 Å². The smallest absolute Gasteiger partial charge is 0.303 e. The first-order valence-electron chi connectivity index (χ1n) is 11.9. The number of carboxylic acids is 1. The van der Waals surface area contributed by atoms with Crippen LogP contribution in [0, 0.1) is 0 Å². The summed E-state index contributed by atoms with van der Waals surface area (Å²) in [5, 5.41) is 14.0. The fourth-order valence-corrected chi connectivity index (χ4v) is 4.21. The van der Waals surface area contributed by atoms with E-state index in [9.17, 15) is 24.0 Å². The molecule has 1 fully saturated rings. The summed E-state index contributed by atoms with van der Waals surface area (Å²) >= 11 is 0. The molecule has 0 saturated carbocycles. The molecule has 1 atom stereocenters. The van der Waals surface area contributed by atoms with Crippen LogP contribution in [0.2, 0.25) is 0 Å². The van der Waals surface area contributed by atoms with Gasteiger partial charge in [-0.15, -0.1) is 0 Å². The van der Waals surface area contributed by atoms with E-state index in [1.807, 2.05) is 0 Å². The molecule has 1 aromatic carbocycles. The van der Waals surface area contributed by atoms with Gasteiger partial charge in [0.15, 0.2) is 6.61 Å². The van der Waals surface area contributed by atoms with E-state index in [2.05, 4.69) is 17.2 Å². The van der Waals surface area contributed by atoms with Crippen molar-refractivity contribution in [2.45, 2.75) is 63.8 Å². The minimum atomic E-state index is -0.916. The Hall–Kier alpha value is -3.69. The normalized spacial score (nSPS) is 17.3. The van der Waals surface area contributed by atoms with Crippen molar-refractivity contribution >= 4 is 29.6 Å². The molecule has 0 bridgehead atoms. The number of allylic oxidation sites excluding steroid dienone is 1. The Labute approximate surface area is 203 Å². The summed E-state index contributed by atoms with van der Waals surface area (Å²) in [6, 6.07) is 3.68. The maximum absolute atomic E-state index is 13.1. The van der Waals surface area contributed by atoms with Crippen molar-refractivity contribution in [1.29, 1.82) is 0 Å². The van der Waals surface area contributed by atoms with E-state index in [-0.39, 0.29) is 35.8 Å². The standard InChI is InChI=1S/C25H31N3O7/c1-16-12-13-18(23(32)27-16)28-24(33)17-9-8-10-19(22(17)25(28)34)35-15-20(29)26-14-7-5-3-2-4-6-11-21(30)31/h8-10,18H,1-7,11-15H2,(H,26,29)(H,27,32)(H,30,31). The van der Waals surface area contributed by atoms with E-state index in [1.54, 1.807) is 6.07 Å². The molecular weight excluding hydrogens is 454 g/mol. The van der Waals surface area contributed by atoms with Gasteiger partial charge in [-0.25, -0.2) is 0 Å². The molecular formula is C25H31N3O7. The van der Waals surface area contributed by atoms with Crippen molar-refractivity contribution in [2.24, 2.45) is 0 Å². The van der Waals surface area contributed by atoms with Crippen LogP contribution in [0.1, 0.15) is 78.5 Å². The number of nitrogens with one attached hydrogen (secondary N) is 2. The fraction of sp³-hybridized carbons (Fsp3) is 0.480. The lowest BCUT2D eigenvalue weighted by Crippen LogP contribution is -2.51. The van der Waals surface area contributed by atoms with Crippen LogP contribution in [-0.4, -0.2) is 58.8 Å². The third-order valence-corrected chi connectivity index (χ3v) is 6.04. The number of carbonyl (C=O) groups excluding carboxylic acids is 4. The lowest BCUT2D eigenvalue weighted by atomic mass is 10.0. The van der Waals surface area contributed by atoms with Crippen molar-refractivity contribution in [3.63, 3.8) is 0 Å². The Morgan fingerprint density at radius 1 is 1.09 bits per heavy atom. The highest BCUT2D eigenvalue weighted by Crippen LogP contribution is 2.34. The van der Waals surface area contributed by atoms with Crippen LogP contribution >= 0.6 is 0 Å². The van der Waals surface area contributed by atoms with Crippen molar-refractivity contribution in [3.8, 4) is 5.75 Å². The number of imide groups is 1. The summed E-state index contributed by atoms with van der Waals surface area (Å²) < 4.78 is 5.58. The molecule has 3 rings (SSSR count). The zero-order valence-corrected chi connectivity index (χ0v) is 19.6. The number of ether oxygens (including phenoxy) is 1. The Morgan fingerprint density at radius 3 is 2.51 bits per heavy atom. The Kier molecular flexibility index (Phi) is 8.99.